The quantitative estimate of drug-likeness (QED) is 0.160. The monoisotopic (exact) mass is 561 g/mol. The van der Waals surface area contributed by atoms with Crippen LogP contribution in [0.25, 0.3) is 0 Å². The lowest BCUT2D eigenvalue weighted by Crippen LogP contribution is -2.74. The molecular formula is C41H44BN. The second kappa shape index (κ2) is 13.9. The van der Waals surface area contributed by atoms with Gasteiger partial charge in [0.05, 0.1) is 0 Å². The van der Waals surface area contributed by atoms with Crippen molar-refractivity contribution in [3.63, 3.8) is 0 Å². The summed E-state index contributed by atoms with van der Waals surface area (Å²) in [5.74, 6) is 0.917. The number of fused-ring (bicyclic) bond motifs is 1. The maximum absolute atomic E-state index is 2.60. The summed E-state index contributed by atoms with van der Waals surface area (Å²) in [7, 11) is 0. The Bertz CT molecular complexity index is 1430. The van der Waals surface area contributed by atoms with Crippen molar-refractivity contribution >= 4 is 34.2 Å². The van der Waals surface area contributed by atoms with Crippen LogP contribution in [0.1, 0.15) is 50.2 Å². The van der Waals surface area contributed by atoms with E-state index in [1.807, 2.05) is 0 Å². The van der Waals surface area contributed by atoms with E-state index in [0.717, 1.165) is 12.0 Å². The molecule has 1 fully saturated rings. The minimum Gasteiger partial charge on any atom is -0.233 e. The summed E-state index contributed by atoms with van der Waals surface area (Å²) in [6.45, 7) is 3.63. The van der Waals surface area contributed by atoms with Gasteiger partial charge in [0.25, 0.3) is 0 Å². The van der Waals surface area contributed by atoms with E-state index in [0.29, 0.717) is 0 Å². The van der Waals surface area contributed by atoms with Crippen molar-refractivity contribution in [2.24, 2.45) is 5.92 Å². The van der Waals surface area contributed by atoms with Crippen LogP contribution in [0, 0.1) is 5.92 Å². The minimum absolute atomic E-state index is 0.721. The second-order valence-corrected chi connectivity index (χ2v) is 12.5. The third-order valence-electron chi connectivity index (χ3n) is 10.1. The van der Waals surface area contributed by atoms with Crippen LogP contribution in [-0.2, 0) is 6.42 Å². The second-order valence-electron chi connectivity index (χ2n) is 12.5. The Morgan fingerprint density at radius 3 is 1.42 bits per heavy atom. The molecule has 0 radical (unpaired) electrons. The molecule has 5 aromatic carbocycles. The van der Waals surface area contributed by atoms with Crippen molar-refractivity contribution in [3.8, 4) is 0 Å². The molecule has 1 aliphatic carbocycles. The van der Waals surface area contributed by atoms with Gasteiger partial charge in [0.15, 0.2) is 12.3 Å². The SMILES string of the molecule is CC(C1CCCCC1)[N+]1=Cc2ccccc2CC1.c1ccc([B-](c2ccccc2)(c2ccccc2)c2ccccc2)cc1. The van der Waals surface area contributed by atoms with E-state index in [-0.39, 0.29) is 0 Å². The molecular weight excluding hydrogens is 517 g/mol. The Hall–Kier alpha value is -4.17. The highest BCUT2D eigenvalue weighted by molar-refractivity contribution is 7.19. The van der Waals surface area contributed by atoms with E-state index in [1.54, 1.807) is 0 Å². The van der Waals surface area contributed by atoms with Gasteiger partial charge in [-0.25, -0.2) is 4.58 Å². The molecule has 2 heteroatoms. The van der Waals surface area contributed by atoms with Gasteiger partial charge in [-0.1, -0.05) is 159 Å². The summed E-state index contributed by atoms with van der Waals surface area (Å²) >= 11 is 0. The Morgan fingerprint density at radius 1 is 0.535 bits per heavy atom. The molecule has 1 unspecified atom stereocenters. The molecule has 5 aromatic rings. The molecule has 7 rings (SSSR count). The number of rotatable bonds is 6. The summed E-state index contributed by atoms with van der Waals surface area (Å²) in [5, 5.41) is 0. The molecule has 216 valence electrons. The van der Waals surface area contributed by atoms with Crippen molar-refractivity contribution < 1.29 is 4.58 Å². The van der Waals surface area contributed by atoms with E-state index in [9.17, 15) is 0 Å². The van der Waals surface area contributed by atoms with Gasteiger partial charge in [0.1, 0.15) is 12.7 Å². The average molecular weight is 562 g/mol. The first kappa shape index (κ1) is 28.9. The van der Waals surface area contributed by atoms with E-state index in [4.69, 9.17) is 0 Å². The molecule has 1 heterocycles. The first-order valence-electron chi connectivity index (χ1n) is 16.3. The summed E-state index contributed by atoms with van der Waals surface area (Å²) < 4.78 is 2.60. The van der Waals surface area contributed by atoms with Crippen LogP contribution in [0.15, 0.2) is 146 Å². The van der Waals surface area contributed by atoms with Gasteiger partial charge in [-0.2, -0.15) is 21.9 Å². The Balaban J connectivity index is 0.000000162. The number of hydrogen-bond donors (Lipinski definition) is 0. The van der Waals surface area contributed by atoms with Crippen LogP contribution in [0.2, 0.25) is 0 Å². The molecule has 1 saturated carbocycles. The molecule has 1 aliphatic heterocycles. The molecule has 43 heavy (non-hydrogen) atoms. The van der Waals surface area contributed by atoms with Gasteiger partial charge in [-0.15, -0.1) is 0 Å². The molecule has 0 saturated heterocycles. The van der Waals surface area contributed by atoms with E-state index >= 15 is 0 Å². The van der Waals surface area contributed by atoms with Crippen LogP contribution in [0.4, 0.5) is 0 Å². The van der Waals surface area contributed by atoms with E-state index < -0.39 is 6.15 Å². The highest BCUT2D eigenvalue weighted by atomic mass is 15.0. The van der Waals surface area contributed by atoms with Gasteiger partial charge >= 0.3 is 0 Å². The van der Waals surface area contributed by atoms with Crippen molar-refractivity contribution in [2.75, 3.05) is 6.54 Å². The fourth-order valence-corrected chi connectivity index (χ4v) is 7.71. The predicted molar refractivity (Wildman–Crippen MR) is 187 cm³/mol. The van der Waals surface area contributed by atoms with Crippen LogP contribution >= 0.6 is 0 Å². The highest BCUT2D eigenvalue weighted by Crippen LogP contribution is 2.28. The van der Waals surface area contributed by atoms with Gasteiger partial charge < -0.3 is 0 Å². The maximum Gasteiger partial charge on any atom is 0.171 e. The Labute approximate surface area is 258 Å². The van der Waals surface area contributed by atoms with Gasteiger partial charge in [0.2, 0.25) is 0 Å². The van der Waals surface area contributed by atoms with Crippen LogP contribution in [0.3, 0.4) is 0 Å². The number of benzene rings is 5. The molecule has 0 amide bonds. The van der Waals surface area contributed by atoms with Crippen molar-refractivity contribution in [3.05, 3.63) is 157 Å². The topological polar surface area (TPSA) is 3.01 Å². The standard InChI is InChI=1S/C24H20B.C17H24N/c1-5-13-21(14-6-1)25(22-15-7-2-8-16-22,23-17-9-3-10-18-23)24-19-11-4-12-20-24;1-14(15-7-3-2-4-8-15)18-12-11-16-9-5-6-10-17(16)13-18/h1-20H;5-6,9-10,13-15H,2-4,7-8,11-12H2,1H3/q-1;+1. The lowest BCUT2D eigenvalue weighted by Gasteiger charge is -2.44. The van der Waals surface area contributed by atoms with Crippen molar-refractivity contribution in [1.29, 1.82) is 0 Å². The van der Waals surface area contributed by atoms with Gasteiger partial charge in [-0.3, -0.25) is 0 Å². The summed E-state index contributed by atoms with van der Waals surface area (Å²) in [4.78, 5) is 0. The molecule has 0 aromatic heterocycles. The van der Waals surface area contributed by atoms with Gasteiger partial charge in [0, 0.05) is 17.9 Å². The maximum atomic E-state index is 2.60. The summed E-state index contributed by atoms with van der Waals surface area (Å²) in [5.41, 5.74) is 8.31. The largest absolute Gasteiger partial charge is 0.233 e. The molecule has 1 nitrogen and oxygen atoms in total. The Kier molecular flexibility index (Phi) is 9.33. The van der Waals surface area contributed by atoms with Crippen molar-refractivity contribution in [2.45, 2.75) is 51.5 Å². The molecule has 0 spiro atoms. The third kappa shape index (κ3) is 6.30. The minimum atomic E-state index is -1.22. The van der Waals surface area contributed by atoms with E-state index in [1.165, 1.54) is 78.0 Å². The van der Waals surface area contributed by atoms with Crippen LogP contribution < -0.4 is 21.9 Å². The highest BCUT2D eigenvalue weighted by Gasteiger charge is 2.31. The zero-order chi connectivity index (χ0) is 29.3. The number of nitrogens with zero attached hydrogens (tertiary/aromatic N) is 1. The summed E-state index contributed by atoms with van der Waals surface area (Å²) in [6, 6.07) is 53.1. The first-order valence-corrected chi connectivity index (χ1v) is 16.3. The lowest BCUT2D eigenvalue weighted by molar-refractivity contribution is -0.568. The molecule has 2 aliphatic rings. The van der Waals surface area contributed by atoms with Crippen LogP contribution in [0.5, 0.6) is 0 Å². The third-order valence-corrected chi connectivity index (χ3v) is 10.1. The Morgan fingerprint density at radius 2 is 0.953 bits per heavy atom. The number of hydrogen-bond acceptors (Lipinski definition) is 0. The first-order chi connectivity index (χ1) is 21.3. The fraction of sp³-hybridized carbons (Fsp3) is 0.244. The summed E-state index contributed by atoms with van der Waals surface area (Å²) in [6.07, 6.45) is 9.61. The lowest BCUT2D eigenvalue weighted by atomic mass is 9.13. The van der Waals surface area contributed by atoms with E-state index in [2.05, 4.69) is 163 Å². The average Bonchev–Trinajstić information content (AvgIpc) is 3.11. The molecule has 1 atom stereocenters. The van der Waals surface area contributed by atoms with Crippen molar-refractivity contribution in [1.82, 2.24) is 0 Å². The zero-order valence-electron chi connectivity index (χ0n) is 25.6. The fourth-order valence-electron chi connectivity index (χ4n) is 7.71. The van der Waals surface area contributed by atoms with Crippen LogP contribution in [-0.4, -0.2) is 29.5 Å². The smallest absolute Gasteiger partial charge is 0.171 e. The normalized spacial score (nSPS) is 15.8. The van der Waals surface area contributed by atoms with Gasteiger partial charge in [-0.05, 0) is 31.4 Å². The molecule has 0 N–H and O–H groups in total. The zero-order valence-corrected chi connectivity index (χ0v) is 25.6. The molecule has 0 bridgehead atoms. The predicted octanol–water partition coefficient (Wildman–Crippen LogP) is 6.71.